The molecule has 1 unspecified atom stereocenters. The standard InChI is InChI=1S/C49H37N3O/c1-3-14-34(35-16-6-4-7-17-35)21-12-15-33-25-26-40-44(31-33)53-43-24-13-23-41(45(40)43)48-51-46(37-19-8-5-9-20-37)50-47(52-48)38-28-30-49(2)29-27-36-18-10-11-22-39(36)42(49)32-38/h3-29,31-32H,30H2,1-2H3/b14-3-,15-12+,34-21+. The van der Waals surface area contributed by atoms with Crippen molar-refractivity contribution in [2.45, 2.75) is 20.3 Å². The maximum absolute atomic E-state index is 6.50. The van der Waals surface area contributed by atoms with Crippen molar-refractivity contribution >= 4 is 50.8 Å². The summed E-state index contributed by atoms with van der Waals surface area (Å²) in [5, 5.41) is 2.01. The number of rotatable bonds is 7. The minimum atomic E-state index is -0.0850. The molecule has 7 aromatic rings. The molecule has 5 aromatic carbocycles. The Morgan fingerprint density at radius 3 is 2.34 bits per heavy atom. The second-order valence-corrected chi connectivity index (χ2v) is 13.8. The first kappa shape index (κ1) is 32.3. The molecule has 2 aliphatic carbocycles. The molecule has 0 radical (unpaired) electrons. The van der Waals surface area contributed by atoms with E-state index in [1.54, 1.807) is 0 Å². The molecule has 0 fully saturated rings. The molecule has 2 aromatic heterocycles. The molecule has 0 amide bonds. The summed E-state index contributed by atoms with van der Waals surface area (Å²) in [6.07, 6.45) is 20.5. The monoisotopic (exact) mass is 683 g/mol. The largest absolute Gasteiger partial charge is 0.456 e. The molecule has 1 atom stereocenters. The van der Waals surface area contributed by atoms with Crippen molar-refractivity contribution < 1.29 is 4.42 Å². The normalized spacial score (nSPS) is 17.0. The lowest BCUT2D eigenvalue weighted by Gasteiger charge is -2.35. The summed E-state index contributed by atoms with van der Waals surface area (Å²) in [5.41, 5.74) is 11.5. The van der Waals surface area contributed by atoms with Gasteiger partial charge >= 0.3 is 0 Å². The number of benzene rings is 5. The second kappa shape index (κ2) is 13.5. The smallest absolute Gasteiger partial charge is 0.164 e. The van der Waals surface area contributed by atoms with Gasteiger partial charge in [0.1, 0.15) is 11.2 Å². The van der Waals surface area contributed by atoms with E-state index in [9.17, 15) is 0 Å². The number of furan rings is 1. The molecule has 0 aliphatic heterocycles. The van der Waals surface area contributed by atoms with Crippen molar-refractivity contribution in [1.82, 2.24) is 15.0 Å². The molecule has 0 saturated heterocycles. The van der Waals surface area contributed by atoms with E-state index in [-0.39, 0.29) is 5.41 Å². The van der Waals surface area contributed by atoms with Crippen LogP contribution in [0.1, 0.15) is 48.3 Å². The topological polar surface area (TPSA) is 51.8 Å². The van der Waals surface area contributed by atoms with Gasteiger partial charge in [0.25, 0.3) is 0 Å². The van der Waals surface area contributed by atoms with Gasteiger partial charge in [0.15, 0.2) is 17.5 Å². The zero-order chi connectivity index (χ0) is 35.8. The van der Waals surface area contributed by atoms with Crippen molar-refractivity contribution in [1.29, 1.82) is 0 Å². The van der Waals surface area contributed by atoms with Gasteiger partial charge in [-0.25, -0.2) is 15.0 Å². The molecular weight excluding hydrogens is 647 g/mol. The molecule has 0 N–H and O–H groups in total. The van der Waals surface area contributed by atoms with E-state index in [0.29, 0.717) is 17.5 Å². The average molecular weight is 684 g/mol. The number of hydrogen-bond acceptors (Lipinski definition) is 4. The Morgan fingerprint density at radius 2 is 1.49 bits per heavy atom. The quantitative estimate of drug-likeness (QED) is 0.157. The molecule has 2 heterocycles. The van der Waals surface area contributed by atoms with Crippen molar-refractivity contribution in [3.63, 3.8) is 0 Å². The third-order valence-corrected chi connectivity index (χ3v) is 10.2. The van der Waals surface area contributed by atoms with Crippen LogP contribution < -0.4 is 0 Å². The third-order valence-electron chi connectivity index (χ3n) is 10.2. The molecule has 4 heteroatoms. The fraction of sp³-hybridized carbons (Fsp3) is 0.0816. The van der Waals surface area contributed by atoms with Gasteiger partial charge in [0, 0.05) is 32.9 Å². The number of nitrogens with zero attached hydrogens (tertiary/aromatic N) is 3. The molecule has 2 aliphatic rings. The van der Waals surface area contributed by atoms with Crippen molar-refractivity contribution in [3.8, 4) is 22.8 Å². The van der Waals surface area contributed by atoms with Crippen LogP contribution >= 0.6 is 0 Å². The van der Waals surface area contributed by atoms with E-state index < -0.39 is 0 Å². The summed E-state index contributed by atoms with van der Waals surface area (Å²) in [4.78, 5) is 15.4. The Bertz CT molecular complexity index is 2710. The molecule has 4 nitrogen and oxygen atoms in total. The molecule has 9 rings (SSSR count). The van der Waals surface area contributed by atoms with Crippen molar-refractivity contribution in [3.05, 3.63) is 192 Å². The summed E-state index contributed by atoms with van der Waals surface area (Å²) in [6.45, 7) is 4.35. The Kier molecular flexibility index (Phi) is 8.21. The highest BCUT2D eigenvalue weighted by Gasteiger charge is 2.33. The average Bonchev–Trinajstić information content (AvgIpc) is 3.59. The van der Waals surface area contributed by atoms with Crippen LogP contribution in [0.4, 0.5) is 0 Å². The lowest BCUT2D eigenvalue weighted by molar-refractivity contribution is 0.579. The summed E-state index contributed by atoms with van der Waals surface area (Å²) in [6, 6.07) is 41.7. The highest BCUT2D eigenvalue weighted by Crippen LogP contribution is 2.49. The first-order valence-electron chi connectivity index (χ1n) is 18.1. The van der Waals surface area contributed by atoms with Crippen LogP contribution in [0.25, 0.3) is 73.6 Å². The Morgan fingerprint density at radius 1 is 0.736 bits per heavy atom. The van der Waals surface area contributed by atoms with Gasteiger partial charge in [0.2, 0.25) is 0 Å². The van der Waals surface area contributed by atoms with Gasteiger partial charge in [-0.3, -0.25) is 0 Å². The van der Waals surface area contributed by atoms with E-state index in [0.717, 1.165) is 56.2 Å². The van der Waals surface area contributed by atoms with Gasteiger partial charge in [-0.05, 0) is 71.0 Å². The molecule has 0 bridgehead atoms. The summed E-state index contributed by atoms with van der Waals surface area (Å²) in [7, 11) is 0. The SMILES string of the molecule is C\C=C/C(=C\C=C\c1ccc2c(c1)oc1cccc(-c3nc(C4=CCC5(C)C=Cc6ccccc6C5=C4)nc(-c4ccccc4)n3)c12)c1ccccc1. The molecular formula is C49H37N3O. The lowest BCUT2D eigenvalue weighted by Crippen LogP contribution is -2.21. The van der Waals surface area contributed by atoms with E-state index >= 15 is 0 Å². The zero-order valence-electron chi connectivity index (χ0n) is 29.7. The number of aromatic nitrogens is 3. The number of fused-ring (bicyclic) bond motifs is 6. The van der Waals surface area contributed by atoms with Crippen LogP contribution in [0.15, 0.2) is 168 Å². The molecule has 53 heavy (non-hydrogen) atoms. The highest BCUT2D eigenvalue weighted by molar-refractivity contribution is 6.12. The minimum Gasteiger partial charge on any atom is -0.456 e. The molecule has 0 saturated carbocycles. The van der Waals surface area contributed by atoms with Crippen LogP contribution in [-0.2, 0) is 0 Å². The lowest BCUT2D eigenvalue weighted by atomic mass is 9.68. The number of allylic oxidation sites excluding steroid dienone is 10. The van der Waals surface area contributed by atoms with Gasteiger partial charge in [-0.1, -0.05) is 159 Å². The van der Waals surface area contributed by atoms with E-state index in [4.69, 9.17) is 19.4 Å². The fourth-order valence-corrected chi connectivity index (χ4v) is 7.47. The Hall–Kier alpha value is -6.65. The van der Waals surface area contributed by atoms with E-state index in [1.165, 1.54) is 22.3 Å². The summed E-state index contributed by atoms with van der Waals surface area (Å²) in [5.74, 6) is 1.92. The van der Waals surface area contributed by atoms with Crippen LogP contribution in [0, 0.1) is 5.41 Å². The summed E-state index contributed by atoms with van der Waals surface area (Å²) >= 11 is 0. The fourth-order valence-electron chi connectivity index (χ4n) is 7.47. The maximum Gasteiger partial charge on any atom is 0.164 e. The van der Waals surface area contributed by atoms with Gasteiger partial charge in [0.05, 0.1) is 0 Å². The minimum absolute atomic E-state index is 0.0850. The maximum atomic E-state index is 6.50. The highest BCUT2D eigenvalue weighted by atomic mass is 16.3. The van der Waals surface area contributed by atoms with Crippen molar-refractivity contribution in [2.75, 3.05) is 0 Å². The predicted octanol–water partition coefficient (Wildman–Crippen LogP) is 12.7. The van der Waals surface area contributed by atoms with Crippen LogP contribution in [0.2, 0.25) is 0 Å². The predicted molar refractivity (Wildman–Crippen MR) is 220 cm³/mol. The van der Waals surface area contributed by atoms with Crippen LogP contribution in [-0.4, -0.2) is 15.0 Å². The second-order valence-electron chi connectivity index (χ2n) is 13.8. The summed E-state index contributed by atoms with van der Waals surface area (Å²) < 4.78 is 6.50. The van der Waals surface area contributed by atoms with E-state index in [1.807, 2.05) is 43.3 Å². The third kappa shape index (κ3) is 6.08. The van der Waals surface area contributed by atoms with Gasteiger partial charge < -0.3 is 4.42 Å². The first-order valence-corrected chi connectivity index (χ1v) is 18.1. The van der Waals surface area contributed by atoms with E-state index in [2.05, 4.69) is 147 Å². The molecule has 254 valence electrons. The van der Waals surface area contributed by atoms with Crippen LogP contribution in [0.5, 0.6) is 0 Å². The Balaban J connectivity index is 1.14. The van der Waals surface area contributed by atoms with Gasteiger partial charge in [-0.2, -0.15) is 0 Å². The van der Waals surface area contributed by atoms with Crippen LogP contribution in [0.3, 0.4) is 0 Å². The van der Waals surface area contributed by atoms with Crippen molar-refractivity contribution in [2.24, 2.45) is 5.41 Å². The van der Waals surface area contributed by atoms with Gasteiger partial charge in [-0.15, -0.1) is 0 Å². The molecule has 0 spiro atoms. The first-order chi connectivity index (χ1) is 26.1. The zero-order valence-corrected chi connectivity index (χ0v) is 29.7. The Labute approximate surface area is 309 Å². The number of hydrogen-bond donors (Lipinski definition) is 0.